The number of nitrogens with one attached hydrogen (secondary N) is 1. The lowest BCUT2D eigenvalue weighted by atomic mass is 10.0. The van der Waals surface area contributed by atoms with E-state index in [-0.39, 0.29) is 6.61 Å². The molecule has 0 aliphatic heterocycles. The summed E-state index contributed by atoms with van der Waals surface area (Å²) in [6.45, 7) is 5.34. The Hall–Kier alpha value is -0.680. The number of aromatic nitrogens is 2. The maximum absolute atomic E-state index is 9.21. The molecule has 0 fully saturated rings. The van der Waals surface area contributed by atoms with E-state index in [1.807, 2.05) is 0 Å². The van der Waals surface area contributed by atoms with E-state index in [0.717, 1.165) is 18.9 Å². The van der Waals surface area contributed by atoms with Gasteiger partial charge in [0, 0.05) is 6.54 Å². The van der Waals surface area contributed by atoms with Crippen LogP contribution in [0.3, 0.4) is 0 Å². The van der Waals surface area contributed by atoms with Crippen LogP contribution in [0.1, 0.15) is 51.6 Å². The topological polar surface area (TPSA) is 58.0 Å². The van der Waals surface area contributed by atoms with E-state index in [1.165, 1.54) is 25.7 Å². The standard InChI is InChI=1S/C14H24BrN3O/c1-3-11(2)7-5-4-6-8-16-14-12(10-19)18-13(15)9-17-14/h9,11,19H,3-8,10H2,1-2H3,(H,16,17). The van der Waals surface area contributed by atoms with Crippen molar-refractivity contribution in [3.63, 3.8) is 0 Å². The van der Waals surface area contributed by atoms with Crippen molar-refractivity contribution in [2.24, 2.45) is 5.92 Å². The molecule has 0 amide bonds. The maximum atomic E-state index is 9.21. The zero-order valence-electron chi connectivity index (χ0n) is 11.8. The molecule has 0 aromatic carbocycles. The first-order valence-corrected chi connectivity index (χ1v) is 7.82. The molecule has 1 aromatic heterocycles. The summed E-state index contributed by atoms with van der Waals surface area (Å²) in [4.78, 5) is 8.41. The fourth-order valence-electron chi connectivity index (χ4n) is 1.87. The van der Waals surface area contributed by atoms with Crippen LogP contribution in [0.15, 0.2) is 10.8 Å². The molecule has 1 aromatic rings. The van der Waals surface area contributed by atoms with Crippen molar-refractivity contribution in [2.45, 2.75) is 52.6 Å². The minimum Gasteiger partial charge on any atom is -0.390 e. The number of anilines is 1. The maximum Gasteiger partial charge on any atom is 0.150 e. The summed E-state index contributed by atoms with van der Waals surface area (Å²) >= 11 is 3.25. The van der Waals surface area contributed by atoms with Crippen LogP contribution in [0.25, 0.3) is 0 Å². The van der Waals surface area contributed by atoms with E-state index >= 15 is 0 Å². The lowest BCUT2D eigenvalue weighted by Crippen LogP contribution is -2.08. The van der Waals surface area contributed by atoms with Gasteiger partial charge in [-0.1, -0.05) is 39.5 Å². The van der Waals surface area contributed by atoms with E-state index in [1.54, 1.807) is 6.20 Å². The van der Waals surface area contributed by atoms with Gasteiger partial charge >= 0.3 is 0 Å². The molecule has 2 N–H and O–H groups in total. The highest BCUT2D eigenvalue weighted by atomic mass is 79.9. The second-order valence-corrected chi connectivity index (χ2v) is 5.75. The predicted octanol–water partition coefficient (Wildman–Crippen LogP) is 3.75. The number of aliphatic hydroxyl groups is 1. The van der Waals surface area contributed by atoms with Crippen molar-refractivity contribution >= 4 is 21.7 Å². The van der Waals surface area contributed by atoms with Crippen molar-refractivity contribution < 1.29 is 5.11 Å². The van der Waals surface area contributed by atoms with Gasteiger partial charge in [0.25, 0.3) is 0 Å². The minimum atomic E-state index is -0.0945. The number of halogens is 1. The Balaban J connectivity index is 2.22. The van der Waals surface area contributed by atoms with Crippen molar-refractivity contribution in [1.29, 1.82) is 0 Å². The Morgan fingerprint density at radius 1 is 1.37 bits per heavy atom. The molecule has 19 heavy (non-hydrogen) atoms. The van der Waals surface area contributed by atoms with Gasteiger partial charge in [-0.05, 0) is 28.3 Å². The molecule has 1 atom stereocenters. The first-order valence-electron chi connectivity index (χ1n) is 7.03. The first kappa shape index (κ1) is 16.4. The van der Waals surface area contributed by atoms with E-state index in [9.17, 15) is 5.11 Å². The lowest BCUT2D eigenvalue weighted by Gasteiger charge is -2.10. The van der Waals surface area contributed by atoms with Crippen LogP contribution >= 0.6 is 15.9 Å². The number of unbranched alkanes of at least 4 members (excludes halogenated alkanes) is 2. The van der Waals surface area contributed by atoms with E-state index in [2.05, 4.69) is 45.1 Å². The molecule has 0 saturated heterocycles. The number of rotatable bonds is 9. The summed E-state index contributed by atoms with van der Waals surface area (Å²) in [7, 11) is 0. The van der Waals surface area contributed by atoms with E-state index in [0.29, 0.717) is 16.1 Å². The fourth-order valence-corrected chi connectivity index (χ4v) is 2.18. The molecule has 1 unspecified atom stereocenters. The zero-order valence-corrected chi connectivity index (χ0v) is 13.4. The molecule has 5 heteroatoms. The summed E-state index contributed by atoms with van der Waals surface area (Å²) < 4.78 is 0.649. The molecule has 4 nitrogen and oxygen atoms in total. The first-order chi connectivity index (χ1) is 9.17. The lowest BCUT2D eigenvalue weighted by molar-refractivity contribution is 0.277. The van der Waals surface area contributed by atoms with Crippen LogP contribution in [0.2, 0.25) is 0 Å². The average molecular weight is 330 g/mol. The summed E-state index contributed by atoms with van der Waals surface area (Å²) in [6.07, 6.45) is 7.87. The molecule has 0 aliphatic rings. The Morgan fingerprint density at radius 3 is 2.84 bits per heavy atom. The minimum absolute atomic E-state index is 0.0945. The quantitative estimate of drug-likeness (QED) is 0.677. The zero-order chi connectivity index (χ0) is 14.1. The molecule has 108 valence electrons. The molecule has 0 radical (unpaired) electrons. The van der Waals surface area contributed by atoms with Gasteiger partial charge in [-0.2, -0.15) is 0 Å². The number of hydrogen-bond donors (Lipinski definition) is 2. The Bertz CT molecular complexity index is 374. The molecular formula is C14H24BrN3O. The number of aliphatic hydroxyl groups excluding tert-OH is 1. The molecule has 0 aliphatic carbocycles. The average Bonchev–Trinajstić information content (AvgIpc) is 2.43. The van der Waals surface area contributed by atoms with Crippen molar-refractivity contribution in [3.8, 4) is 0 Å². The Kier molecular flexibility index (Phi) is 7.98. The normalized spacial score (nSPS) is 12.4. The van der Waals surface area contributed by atoms with Gasteiger partial charge in [-0.15, -0.1) is 0 Å². The smallest absolute Gasteiger partial charge is 0.150 e. The van der Waals surface area contributed by atoms with Gasteiger partial charge in [0.15, 0.2) is 0 Å². The van der Waals surface area contributed by atoms with Crippen LogP contribution in [0.4, 0.5) is 5.82 Å². The highest BCUT2D eigenvalue weighted by molar-refractivity contribution is 9.10. The van der Waals surface area contributed by atoms with Gasteiger partial charge in [0.1, 0.15) is 16.1 Å². The molecule has 1 heterocycles. The van der Waals surface area contributed by atoms with Gasteiger partial charge in [-0.25, -0.2) is 9.97 Å². The SMILES string of the molecule is CCC(C)CCCCCNc1ncc(Br)nc1CO. The number of nitrogens with zero attached hydrogens (tertiary/aromatic N) is 2. The van der Waals surface area contributed by atoms with Crippen molar-refractivity contribution in [3.05, 3.63) is 16.5 Å². The molecular weight excluding hydrogens is 306 g/mol. The van der Waals surface area contributed by atoms with Gasteiger partial charge in [0.05, 0.1) is 12.8 Å². The highest BCUT2D eigenvalue weighted by Gasteiger charge is 2.05. The summed E-state index contributed by atoms with van der Waals surface area (Å²) in [5, 5.41) is 12.4. The largest absolute Gasteiger partial charge is 0.390 e. The number of hydrogen-bond acceptors (Lipinski definition) is 4. The van der Waals surface area contributed by atoms with Crippen LogP contribution in [-0.4, -0.2) is 21.6 Å². The Labute approximate surface area is 124 Å². The highest BCUT2D eigenvalue weighted by Crippen LogP contribution is 2.15. The third kappa shape index (κ3) is 6.34. The Morgan fingerprint density at radius 2 is 2.16 bits per heavy atom. The third-order valence-electron chi connectivity index (χ3n) is 3.33. The van der Waals surface area contributed by atoms with Crippen LogP contribution in [0, 0.1) is 5.92 Å². The summed E-state index contributed by atoms with van der Waals surface area (Å²) in [5.41, 5.74) is 0.592. The third-order valence-corrected chi connectivity index (χ3v) is 3.71. The van der Waals surface area contributed by atoms with Crippen LogP contribution < -0.4 is 5.32 Å². The molecule has 0 bridgehead atoms. The summed E-state index contributed by atoms with van der Waals surface area (Å²) in [5.74, 6) is 1.53. The van der Waals surface area contributed by atoms with E-state index in [4.69, 9.17) is 0 Å². The predicted molar refractivity (Wildman–Crippen MR) is 82.1 cm³/mol. The van der Waals surface area contributed by atoms with Gasteiger partial charge in [0.2, 0.25) is 0 Å². The second kappa shape index (κ2) is 9.26. The summed E-state index contributed by atoms with van der Waals surface area (Å²) in [6, 6.07) is 0. The van der Waals surface area contributed by atoms with Crippen molar-refractivity contribution in [1.82, 2.24) is 9.97 Å². The van der Waals surface area contributed by atoms with Crippen molar-refractivity contribution in [2.75, 3.05) is 11.9 Å². The molecule has 1 rings (SSSR count). The molecule has 0 spiro atoms. The monoisotopic (exact) mass is 329 g/mol. The van der Waals surface area contributed by atoms with Gasteiger partial charge < -0.3 is 10.4 Å². The van der Waals surface area contributed by atoms with E-state index < -0.39 is 0 Å². The fraction of sp³-hybridized carbons (Fsp3) is 0.714. The second-order valence-electron chi connectivity index (χ2n) is 4.94. The van der Waals surface area contributed by atoms with Gasteiger partial charge in [-0.3, -0.25) is 0 Å². The molecule has 0 saturated carbocycles. The van der Waals surface area contributed by atoms with Crippen LogP contribution in [0.5, 0.6) is 0 Å². The van der Waals surface area contributed by atoms with Crippen LogP contribution in [-0.2, 0) is 6.61 Å².